The molecule has 0 aromatic rings. The van der Waals surface area contributed by atoms with Gasteiger partial charge < -0.3 is 38.5 Å². The molecule has 0 bridgehead atoms. The van der Waals surface area contributed by atoms with Crippen molar-refractivity contribution in [2.45, 2.75) is 24.8 Å². The summed E-state index contributed by atoms with van der Waals surface area (Å²) in [5, 5.41) is 0. The van der Waals surface area contributed by atoms with Crippen LogP contribution in [0.4, 0.5) is 0 Å². The molecule has 0 aromatic heterocycles. The summed E-state index contributed by atoms with van der Waals surface area (Å²) in [5.74, 6) is 0.0960. The highest BCUT2D eigenvalue weighted by Gasteiger charge is 2.55. The summed E-state index contributed by atoms with van der Waals surface area (Å²) in [6.45, 7) is -0.723. The molecule has 0 saturated carbocycles. The first-order chi connectivity index (χ1) is 11.4. The lowest BCUT2D eigenvalue weighted by molar-refractivity contribution is -0.0885. The van der Waals surface area contributed by atoms with Crippen LogP contribution in [0, 0.1) is 0 Å². The molecule has 3 heterocycles. The average Bonchev–Trinajstić information content (AvgIpc) is 3.09. The van der Waals surface area contributed by atoms with Gasteiger partial charge in [0, 0.05) is 0 Å². The third-order valence-electron chi connectivity index (χ3n) is 2.87. The number of hydrogen-bond acceptors (Lipinski definition) is 10. The molecule has 6 unspecified atom stereocenters. The second-order valence-corrected chi connectivity index (χ2v) is 9.24. The minimum Gasteiger partial charge on any atom is -0.497 e. The van der Waals surface area contributed by atoms with E-state index in [1.165, 1.54) is 0 Å². The van der Waals surface area contributed by atoms with Gasteiger partial charge in [-0.3, -0.25) is 4.52 Å². The van der Waals surface area contributed by atoms with Crippen molar-refractivity contribution in [2.24, 2.45) is 0 Å². The van der Waals surface area contributed by atoms with Gasteiger partial charge in [0.05, 0.1) is 12.3 Å². The maximum atomic E-state index is 11.6. The Kier molecular flexibility index (Phi) is 5.00. The van der Waals surface area contributed by atoms with Crippen molar-refractivity contribution in [1.82, 2.24) is 0 Å². The molecular weight excluding hydrogens is 412 g/mol. The lowest BCUT2D eigenvalue weighted by Crippen LogP contribution is -2.36. The van der Waals surface area contributed by atoms with Gasteiger partial charge in [-0.1, -0.05) is 0 Å². The Balaban J connectivity index is 1.57. The van der Waals surface area contributed by atoms with Gasteiger partial charge >= 0.3 is 23.5 Å². The molecule has 6 atom stereocenters. The molecule has 0 aromatic carbocycles. The average molecular weight is 422 g/mol. The van der Waals surface area contributed by atoms with Crippen molar-refractivity contribution in [1.29, 1.82) is 0 Å². The Hall–Kier alpha value is -0.265. The Morgan fingerprint density at radius 2 is 1.64 bits per heavy atom. The van der Waals surface area contributed by atoms with E-state index in [4.69, 9.17) is 41.5 Å². The lowest BCUT2D eigenvalue weighted by Gasteiger charge is -2.23. The zero-order valence-electron chi connectivity index (χ0n) is 11.8. The summed E-state index contributed by atoms with van der Waals surface area (Å²) in [6.07, 6.45) is -3.27. The van der Waals surface area contributed by atoms with E-state index < -0.39 is 54.9 Å². The lowest BCUT2D eigenvalue weighted by atomic mass is 10.0. The number of fused-ring (bicyclic) bond motifs is 2. The number of phosphoric ester groups is 1. The first kappa shape index (κ1) is 19.5. The summed E-state index contributed by atoms with van der Waals surface area (Å²) >= 11 is 0. The Morgan fingerprint density at radius 1 is 0.960 bits per heavy atom. The van der Waals surface area contributed by atoms with Crippen LogP contribution in [0.5, 0.6) is 0 Å². The third kappa shape index (κ3) is 4.92. The molecule has 2 saturated heterocycles. The quantitative estimate of drug-likeness (QED) is 0.225. The van der Waals surface area contributed by atoms with Crippen LogP contribution in [-0.2, 0) is 45.8 Å². The fraction of sp³-hybridized carbons (Fsp3) is 0.714. The van der Waals surface area contributed by atoms with Crippen molar-refractivity contribution >= 4 is 31.3 Å². The molecule has 0 aliphatic carbocycles. The normalized spacial score (nSPS) is 35.7. The van der Waals surface area contributed by atoms with Crippen molar-refractivity contribution in [3.8, 4) is 0 Å². The SMILES string of the molecule is [B]C1=C2OC3OC3OC2C(COP(=O)(O)OP(=O)(O)OP(=O)(O)O)O1. The van der Waals surface area contributed by atoms with Crippen LogP contribution in [0.1, 0.15) is 0 Å². The number of rotatable bonds is 7. The maximum absolute atomic E-state index is 11.6. The van der Waals surface area contributed by atoms with E-state index >= 15 is 0 Å². The predicted octanol–water partition coefficient (Wildman–Crippen LogP) is -0.836. The van der Waals surface area contributed by atoms with Gasteiger partial charge in [0.25, 0.3) is 6.29 Å². The van der Waals surface area contributed by atoms with Crippen LogP contribution in [-0.4, -0.2) is 58.8 Å². The van der Waals surface area contributed by atoms with E-state index in [2.05, 4.69) is 13.1 Å². The van der Waals surface area contributed by atoms with E-state index in [1.807, 2.05) is 0 Å². The second-order valence-electron chi connectivity index (χ2n) is 4.82. The van der Waals surface area contributed by atoms with Crippen molar-refractivity contribution in [2.75, 3.05) is 6.61 Å². The first-order valence-corrected chi connectivity index (χ1v) is 10.8. The number of epoxide rings is 1. The van der Waals surface area contributed by atoms with Crippen LogP contribution >= 0.6 is 23.5 Å². The van der Waals surface area contributed by atoms with Crippen LogP contribution in [0.2, 0.25) is 0 Å². The second kappa shape index (κ2) is 6.41. The van der Waals surface area contributed by atoms with Crippen LogP contribution in [0.25, 0.3) is 0 Å². The van der Waals surface area contributed by atoms with Gasteiger partial charge in [-0.25, -0.2) is 13.7 Å². The Bertz CT molecular complexity index is 730. The van der Waals surface area contributed by atoms with Gasteiger partial charge in [0.1, 0.15) is 0 Å². The fourth-order valence-corrected chi connectivity index (χ4v) is 5.02. The van der Waals surface area contributed by atoms with Crippen molar-refractivity contribution in [3.05, 3.63) is 11.4 Å². The molecule has 140 valence electrons. The summed E-state index contributed by atoms with van der Waals surface area (Å²) in [7, 11) is -10.8. The molecule has 3 aliphatic rings. The molecule has 4 N–H and O–H groups in total. The van der Waals surface area contributed by atoms with Gasteiger partial charge in [-0.2, -0.15) is 8.62 Å². The zero-order chi connectivity index (χ0) is 18.6. The highest BCUT2D eigenvalue weighted by molar-refractivity contribution is 7.66. The molecule has 25 heavy (non-hydrogen) atoms. The largest absolute Gasteiger partial charge is 0.497 e. The standard InChI is InChI=1S/C7H10BO14P3/c8-5-4-3(18-6-7(19-4)20-6)2(17-5)1-16-24(12,13)22-25(14,15)21-23(9,10)11/h2-3,6-7H,1H2,(H,12,13)(H,14,15)(H2,9,10,11). The first-order valence-electron chi connectivity index (χ1n) is 6.27. The molecule has 3 rings (SSSR count). The van der Waals surface area contributed by atoms with Gasteiger partial charge in [0.15, 0.2) is 25.8 Å². The van der Waals surface area contributed by atoms with Crippen molar-refractivity contribution < 1.29 is 65.4 Å². The summed E-state index contributed by atoms with van der Waals surface area (Å²) in [5.41, 5.74) is -0.168. The molecule has 3 aliphatic heterocycles. The highest BCUT2D eigenvalue weighted by Crippen LogP contribution is 2.66. The van der Waals surface area contributed by atoms with Crippen LogP contribution in [0.3, 0.4) is 0 Å². The van der Waals surface area contributed by atoms with Crippen LogP contribution in [0.15, 0.2) is 11.4 Å². The summed E-state index contributed by atoms with van der Waals surface area (Å²) < 4.78 is 65.7. The molecule has 18 heteroatoms. The molecule has 0 spiro atoms. The molecule has 2 fully saturated rings. The van der Waals surface area contributed by atoms with E-state index in [0.29, 0.717) is 0 Å². The number of hydrogen-bond donors (Lipinski definition) is 4. The molecule has 14 nitrogen and oxygen atoms in total. The monoisotopic (exact) mass is 422 g/mol. The van der Waals surface area contributed by atoms with E-state index in [0.717, 1.165) is 0 Å². The van der Waals surface area contributed by atoms with E-state index in [1.54, 1.807) is 0 Å². The predicted molar refractivity (Wildman–Crippen MR) is 72.1 cm³/mol. The zero-order valence-corrected chi connectivity index (χ0v) is 14.5. The minimum absolute atomic E-state index is 0.0960. The summed E-state index contributed by atoms with van der Waals surface area (Å²) in [6, 6.07) is 0. The Morgan fingerprint density at radius 3 is 2.28 bits per heavy atom. The van der Waals surface area contributed by atoms with E-state index in [-0.39, 0.29) is 11.4 Å². The van der Waals surface area contributed by atoms with Gasteiger partial charge in [0.2, 0.25) is 6.29 Å². The van der Waals surface area contributed by atoms with Gasteiger partial charge in [-0.15, -0.1) is 0 Å². The van der Waals surface area contributed by atoms with E-state index in [9.17, 15) is 18.6 Å². The Labute approximate surface area is 140 Å². The highest BCUT2D eigenvalue weighted by atomic mass is 31.3. The fourth-order valence-electron chi connectivity index (χ4n) is 1.99. The molecule has 0 amide bonds. The maximum Gasteiger partial charge on any atom is 0.490 e. The number of phosphoric acid groups is 3. The summed E-state index contributed by atoms with van der Waals surface area (Å²) in [4.78, 5) is 35.3. The minimum atomic E-state index is -5.59. The third-order valence-corrected chi connectivity index (χ3v) is 6.68. The molecule has 2 radical (unpaired) electrons. The number of ether oxygens (including phenoxy) is 4. The smallest absolute Gasteiger partial charge is 0.490 e. The topological polar surface area (TPSA) is 200 Å². The van der Waals surface area contributed by atoms with Gasteiger partial charge in [-0.05, 0) is 0 Å². The van der Waals surface area contributed by atoms with Crippen molar-refractivity contribution in [3.63, 3.8) is 0 Å². The van der Waals surface area contributed by atoms with Crippen LogP contribution < -0.4 is 0 Å². The molecular formula is C7H10BO14P3.